The first kappa shape index (κ1) is 14.2. The lowest BCUT2D eigenvalue weighted by Gasteiger charge is -2.31. The van der Waals surface area contributed by atoms with Gasteiger partial charge in [-0.1, -0.05) is 0 Å². The molecule has 0 spiro atoms. The zero-order chi connectivity index (χ0) is 13.8. The van der Waals surface area contributed by atoms with Gasteiger partial charge < -0.3 is 15.4 Å². The van der Waals surface area contributed by atoms with Gasteiger partial charge >= 0.3 is 0 Å². The van der Waals surface area contributed by atoms with Crippen molar-refractivity contribution in [2.75, 3.05) is 25.2 Å². The number of anilines is 1. The lowest BCUT2D eigenvalue weighted by atomic mass is 10.1. The molecule has 1 atom stereocenters. The van der Waals surface area contributed by atoms with E-state index in [0.717, 1.165) is 17.9 Å². The molecule has 0 aliphatic heterocycles. The summed E-state index contributed by atoms with van der Waals surface area (Å²) in [4.78, 5) is 6.45. The van der Waals surface area contributed by atoms with Gasteiger partial charge in [0, 0.05) is 31.8 Å². The Hall–Kier alpha value is -1.20. The highest BCUT2D eigenvalue weighted by Crippen LogP contribution is 2.37. The Morgan fingerprint density at radius 3 is 2.89 bits per heavy atom. The highest BCUT2D eigenvalue weighted by atomic mass is 19.1. The molecule has 1 aliphatic carbocycles. The Balaban J connectivity index is 2.25. The summed E-state index contributed by atoms with van der Waals surface area (Å²) in [5, 5.41) is 0. The van der Waals surface area contributed by atoms with Crippen LogP contribution in [0.1, 0.15) is 25.3 Å². The van der Waals surface area contributed by atoms with Crippen molar-refractivity contribution in [1.82, 2.24) is 4.98 Å². The summed E-state index contributed by atoms with van der Waals surface area (Å²) in [5.41, 5.74) is 6.47. The van der Waals surface area contributed by atoms with E-state index in [4.69, 9.17) is 10.5 Å². The number of hydrogen-bond donors (Lipinski definition) is 1. The lowest BCUT2D eigenvalue weighted by molar-refractivity contribution is 0.202. The number of halogens is 1. The van der Waals surface area contributed by atoms with Gasteiger partial charge in [-0.25, -0.2) is 9.37 Å². The first-order valence-electron chi connectivity index (χ1n) is 6.77. The van der Waals surface area contributed by atoms with E-state index >= 15 is 0 Å². The smallest absolute Gasteiger partial charge is 0.141 e. The van der Waals surface area contributed by atoms with Crippen LogP contribution in [0.15, 0.2) is 12.3 Å². The molecule has 0 amide bonds. The number of nitrogens with two attached hydrogens (primary N) is 1. The number of nitrogens with zero attached hydrogens (tertiary/aromatic N) is 2. The largest absolute Gasteiger partial charge is 0.383 e. The lowest BCUT2D eigenvalue weighted by Crippen LogP contribution is -2.38. The molecule has 1 fully saturated rings. The predicted molar refractivity (Wildman–Crippen MR) is 73.5 cm³/mol. The molecule has 0 saturated heterocycles. The summed E-state index contributed by atoms with van der Waals surface area (Å²) in [6.07, 6.45) is 3.77. The van der Waals surface area contributed by atoms with Gasteiger partial charge in [-0.3, -0.25) is 0 Å². The molecule has 1 aromatic rings. The van der Waals surface area contributed by atoms with E-state index in [-0.39, 0.29) is 5.82 Å². The Kier molecular flexibility index (Phi) is 4.71. The van der Waals surface area contributed by atoms with Crippen LogP contribution in [0, 0.1) is 11.7 Å². The molecule has 0 bridgehead atoms. The number of rotatable bonds is 7. The Morgan fingerprint density at radius 2 is 2.32 bits per heavy atom. The van der Waals surface area contributed by atoms with Crippen LogP contribution in [0.5, 0.6) is 0 Å². The van der Waals surface area contributed by atoms with Crippen molar-refractivity contribution in [2.24, 2.45) is 11.7 Å². The number of aromatic nitrogens is 1. The monoisotopic (exact) mass is 267 g/mol. The van der Waals surface area contributed by atoms with Crippen LogP contribution in [0.25, 0.3) is 0 Å². The van der Waals surface area contributed by atoms with Crippen molar-refractivity contribution < 1.29 is 9.13 Å². The minimum absolute atomic E-state index is 0.293. The maximum Gasteiger partial charge on any atom is 0.141 e. The van der Waals surface area contributed by atoms with E-state index in [1.165, 1.54) is 25.1 Å². The minimum atomic E-state index is -0.338. The highest BCUT2D eigenvalue weighted by Gasteiger charge is 2.33. The number of methoxy groups -OCH3 is 1. The second-order valence-corrected chi connectivity index (χ2v) is 5.10. The molecule has 2 N–H and O–H groups in total. The first-order chi connectivity index (χ1) is 9.17. The average Bonchev–Trinajstić information content (AvgIpc) is 3.24. The second-order valence-electron chi connectivity index (χ2n) is 5.10. The Bertz CT molecular complexity index is 423. The molecule has 1 unspecified atom stereocenters. The van der Waals surface area contributed by atoms with Gasteiger partial charge in [-0.05, 0) is 31.7 Å². The maximum absolute atomic E-state index is 13.3. The van der Waals surface area contributed by atoms with E-state index in [1.54, 1.807) is 7.11 Å². The fraction of sp³-hybridized carbons (Fsp3) is 0.643. The zero-order valence-electron chi connectivity index (χ0n) is 11.6. The number of pyridine rings is 1. The van der Waals surface area contributed by atoms with Crippen molar-refractivity contribution >= 4 is 5.82 Å². The van der Waals surface area contributed by atoms with E-state index in [1.807, 2.05) is 0 Å². The second kappa shape index (κ2) is 6.30. The third-order valence-corrected chi connectivity index (χ3v) is 3.73. The van der Waals surface area contributed by atoms with Crippen LogP contribution in [-0.2, 0) is 11.3 Å². The summed E-state index contributed by atoms with van der Waals surface area (Å²) in [5.74, 6) is 1.16. The van der Waals surface area contributed by atoms with Gasteiger partial charge in [0.05, 0.1) is 12.8 Å². The summed E-state index contributed by atoms with van der Waals surface area (Å²) >= 11 is 0. The summed E-state index contributed by atoms with van der Waals surface area (Å²) in [6, 6.07) is 1.86. The molecule has 1 saturated carbocycles. The molecule has 19 heavy (non-hydrogen) atoms. The molecule has 4 nitrogen and oxygen atoms in total. The number of ether oxygens (including phenoxy) is 1. The van der Waals surface area contributed by atoms with Crippen molar-refractivity contribution in [3.05, 3.63) is 23.6 Å². The highest BCUT2D eigenvalue weighted by molar-refractivity contribution is 5.48. The van der Waals surface area contributed by atoms with Crippen LogP contribution >= 0.6 is 0 Å². The van der Waals surface area contributed by atoms with E-state index in [2.05, 4.69) is 16.8 Å². The van der Waals surface area contributed by atoms with Crippen LogP contribution in [0.4, 0.5) is 10.2 Å². The standard InChI is InChI=1S/C14H22FN3O/c1-10(11-3-4-11)18(5-6-19-2)14-12(8-16)7-13(15)9-17-14/h7,9-11H,3-6,8,16H2,1-2H3. The zero-order valence-corrected chi connectivity index (χ0v) is 11.6. The van der Waals surface area contributed by atoms with Crippen LogP contribution in [-0.4, -0.2) is 31.3 Å². The molecule has 0 aromatic carbocycles. The third kappa shape index (κ3) is 3.42. The van der Waals surface area contributed by atoms with E-state index in [9.17, 15) is 4.39 Å². The third-order valence-electron chi connectivity index (χ3n) is 3.73. The maximum atomic E-state index is 13.3. The van der Waals surface area contributed by atoms with Gasteiger partial charge in [0.25, 0.3) is 0 Å². The summed E-state index contributed by atoms with van der Waals surface area (Å²) in [6.45, 7) is 3.86. The molecule has 1 aliphatic rings. The van der Waals surface area contributed by atoms with Crippen LogP contribution < -0.4 is 10.6 Å². The molecule has 1 heterocycles. The fourth-order valence-electron chi connectivity index (χ4n) is 2.41. The van der Waals surface area contributed by atoms with Crippen LogP contribution in [0.3, 0.4) is 0 Å². The van der Waals surface area contributed by atoms with E-state index < -0.39 is 0 Å². The Labute approximate surface area is 113 Å². The molecular weight excluding hydrogens is 245 g/mol. The topological polar surface area (TPSA) is 51.4 Å². The molecule has 106 valence electrons. The van der Waals surface area contributed by atoms with Gasteiger partial charge in [0.1, 0.15) is 11.6 Å². The van der Waals surface area contributed by atoms with Gasteiger partial charge in [-0.2, -0.15) is 0 Å². The van der Waals surface area contributed by atoms with Crippen LogP contribution in [0.2, 0.25) is 0 Å². The molecule has 0 radical (unpaired) electrons. The van der Waals surface area contributed by atoms with Gasteiger partial charge in [0.2, 0.25) is 0 Å². The molecular formula is C14H22FN3O. The van der Waals surface area contributed by atoms with Gasteiger partial charge in [0.15, 0.2) is 0 Å². The quantitative estimate of drug-likeness (QED) is 0.820. The van der Waals surface area contributed by atoms with E-state index in [0.29, 0.717) is 25.1 Å². The SMILES string of the molecule is COCCN(c1ncc(F)cc1CN)C(C)C1CC1. The van der Waals surface area contributed by atoms with Crippen molar-refractivity contribution in [1.29, 1.82) is 0 Å². The molecule has 2 rings (SSSR count). The van der Waals surface area contributed by atoms with Crippen molar-refractivity contribution in [3.8, 4) is 0 Å². The first-order valence-corrected chi connectivity index (χ1v) is 6.77. The van der Waals surface area contributed by atoms with Crippen molar-refractivity contribution in [3.63, 3.8) is 0 Å². The van der Waals surface area contributed by atoms with Gasteiger partial charge in [-0.15, -0.1) is 0 Å². The summed E-state index contributed by atoms with van der Waals surface area (Å²) in [7, 11) is 1.68. The molecule has 5 heteroatoms. The normalized spacial score (nSPS) is 16.4. The molecule has 1 aromatic heterocycles. The Morgan fingerprint density at radius 1 is 1.58 bits per heavy atom. The predicted octanol–water partition coefficient (Wildman–Crippen LogP) is 1.93. The summed E-state index contributed by atoms with van der Waals surface area (Å²) < 4.78 is 18.4. The minimum Gasteiger partial charge on any atom is -0.383 e. The number of hydrogen-bond acceptors (Lipinski definition) is 4. The fourth-order valence-corrected chi connectivity index (χ4v) is 2.41. The van der Waals surface area contributed by atoms with Crippen molar-refractivity contribution in [2.45, 2.75) is 32.4 Å². The average molecular weight is 267 g/mol.